The maximum absolute atomic E-state index is 10.9. The summed E-state index contributed by atoms with van der Waals surface area (Å²) >= 11 is 0. The molecule has 0 atom stereocenters. The Labute approximate surface area is 138 Å². The Bertz CT molecular complexity index is 574. The van der Waals surface area contributed by atoms with Gasteiger partial charge in [-0.05, 0) is 42.7 Å². The van der Waals surface area contributed by atoms with Gasteiger partial charge in [0, 0.05) is 5.56 Å². The molecule has 1 aromatic carbocycles. The van der Waals surface area contributed by atoms with E-state index in [4.69, 9.17) is 0 Å². The van der Waals surface area contributed by atoms with Gasteiger partial charge in [0.2, 0.25) is 12.2 Å². The molecular weight excluding hydrogens is 288 g/mol. The van der Waals surface area contributed by atoms with Gasteiger partial charge < -0.3 is 0 Å². The zero-order valence-electron chi connectivity index (χ0n) is 14.6. The van der Waals surface area contributed by atoms with Gasteiger partial charge in [0.05, 0.1) is 11.4 Å². The van der Waals surface area contributed by atoms with E-state index in [-0.39, 0.29) is 5.92 Å². The molecule has 4 nitrogen and oxygen atoms in total. The third kappa shape index (κ3) is 4.99. The van der Waals surface area contributed by atoms with Crippen molar-refractivity contribution in [2.45, 2.75) is 72.1 Å². The summed E-state index contributed by atoms with van der Waals surface area (Å²) in [6.07, 6.45) is 9.25. The number of aryl methyl sites for hydroxylation is 2. The smallest absolute Gasteiger partial charge is 0.211 e. The van der Waals surface area contributed by atoms with Crippen LogP contribution < -0.4 is 0 Å². The highest BCUT2D eigenvalue weighted by atomic mass is 16.1. The van der Waals surface area contributed by atoms with Crippen LogP contribution in [0.5, 0.6) is 0 Å². The number of aliphatic imine (C=N–C) groups is 2. The average Bonchev–Trinajstić information content (AvgIpc) is 2.53. The molecule has 0 fully saturated rings. The molecule has 0 bridgehead atoms. The predicted octanol–water partition coefficient (Wildman–Crippen LogP) is 5.43. The van der Waals surface area contributed by atoms with Gasteiger partial charge in [0.15, 0.2) is 0 Å². The van der Waals surface area contributed by atoms with Crippen LogP contribution in [0.1, 0.15) is 76.0 Å². The van der Waals surface area contributed by atoms with E-state index in [2.05, 4.69) is 29.9 Å². The molecule has 0 amide bonds. The van der Waals surface area contributed by atoms with E-state index in [0.717, 1.165) is 55.2 Å². The van der Waals surface area contributed by atoms with E-state index in [1.807, 2.05) is 13.8 Å². The Balaban J connectivity index is 3.66. The first kappa shape index (κ1) is 19.0. The molecule has 1 aromatic rings. The third-order valence-electron chi connectivity index (χ3n) is 3.96. The van der Waals surface area contributed by atoms with E-state index in [1.54, 1.807) is 12.2 Å². The molecule has 0 aliphatic rings. The molecule has 0 aliphatic heterocycles. The van der Waals surface area contributed by atoms with Crippen molar-refractivity contribution in [3.63, 3.8) is 0 Å². The average molecular weight is 314 g/mol. The van der Waals surface area contributed by atoms with Crippen molar-refractivity contribution >= 4 is 23.5 Å². The topological polar surface area (TPSA) is 58.9 Å². The number of isocyanates is 2. The lowest BCUT2D eigenvalue weighted by atomic mass is 9.89. The molecule has 0 spiro atoms. The molecule has 0 aliphatic carbocycles. The number of nitrogens with zero attached hydrogens (tertiary/aromatic N) is 2. The van der Waals surface area contributed by atoms with E-state index in [9.17, 15) is 9.59 Å². The van der Waals surface area contributed by atoms with E-state index < -0.39 is 0 Å². The number of unbranched alkanes of at least 4 members (excludes halogenated alkanes) is 2. The molecule has 0 radical (unpaired) electrons. The molecule has 1 rings (SSSR count). The second-order valence-electron chi connectivity index (χ2n) is 6.07. The fourth-order valence-corrected chi connectivity index (χ4v) is 2.82. The standard InChI is InChI=1S/C19H26N2O2/c1-5-7-9-15-11-16(10-8-6-2)19(21-13-23)17(14(3)4)18(15)20-12-22/h11,14H,5-10H2,1-4H3. The molecule has 4 heteroatoms. The highest BCUT2D eigenvalue weighted by Gasteiger charge is 2.20. The van der Waals surface area contributed by atoms with Gasteiger partial charge in [-0.3, -0.25) is 0 Å². The van der Waals surface area contributed by atoms with Crippen LogP contribution in [0.15, 0.2) is 16.1 Å². The number of hydrogen-bond acceptors (Lipinski definition) is 4. The number of carbonyl (C=O) groups excluding carboxylic acids is 2. The van der Waals surface area contributed by atoms with Gasteiger partial charge in [-0.15, -0.1) is 0 Å². The van der Waals surface area contributed by atoms with Crippen LogP contribution in [0.25, 0.3) is 0 Å². The predicted molar refractivity (Wildman–Crippen MR) is 93.3 cm³/mol. The lowest BCUT2D eigenvalue weighted by molar-refractivity contribution is 0.564. The maximum Gasteiger partial charge on any atom is 0.240 e. The molecule has 0 aromatic heterocycles. The van der Waals surface area contributed by atoms with Gasteiger partial charge in [0.1, 0.15) is 0 Å². The molecule has 124 valence electrons. The highest BCUT2D eigenvalue weighted by Crippen LogP contribution is 2.41. The Hall–Kier alpha value is -2.02. The second-order valence-corrected chi connectivity index (χ2v) is 6.07. The fourth-order valence-electron chi connectivity index (χ4n) is 2.82. The summed E-state index contributed by atoms with van der Waals surface area (Å²) in [6, 6.07) is 2.06. The Morgan fingerprint density at radius 2 is 1.35 bits per heavy atom. The van der Waals surface area contributed by atoms with Gasteiger partial charge >= 0.3 is 0 Å². The lowest BCUT2D eigenvalue weighted by Crippen LogP contribution is -2.00. The molecule has 0 unspecified atom stereocenters. The van der Waals surface area contributed by atoms with E-state index >= 15 is 0 Å². The van der Waals surface area contributed by atoms with Crippen LogP contribution in [0.4, 0.5) is 11.4 Å². The summed E-state index contributed by atoms with van der Waals surface area (Å²) in [5.41, 5.74) is 4.23. The summed E-state index contributed by atoms with van der Waals surface area (Å²) in [7, 11) is 0. The summed E-state index contributed by atoms with van der Waals surface area (Å²) in [6.45, 7) is 8.32. The van der Waals surface area contributed by atoms with Crippen molar-refractivity contribution in [3.8, 4) is 0 Å². The van der Waals surface area contributed by atoms with Crippen LogP contribution in [-0.4, -0.2) is 12.2 Å². The monoisotopic (exact) mass is 314 g/mol. The van der Waals surface area contributed by atoms with Crippen LogP contribution in [0.2, 0.25) is 0 Å². The minimum atomic E-state index is 0.108. The number of hydrogen-bond donors (Lipinski definition) is 0. The van der Waals surface area contributed by atoms with Crippen molar-refractivity contribution in [3.05, 3.63) is 22.8 Å². The first-order valence-electron chi connectivity index (χ1n) is 8.44. The van der Waals surface area contributed by atoms with Crippen LogP contribution >= 0.6 is 0 Å². The largest absolute Gasteiger partial charge is 0.240 e. The Kier molecular flexibility index (Phi) is 8.18. The van der Waals surface area contributed by atoms with Crippen molar-refractivity contribution in [1.29, 1.82) is 0 Å². The van der Waals surface area contributed by atoms with Crippen molar-refractivity contribution in [2.75, 3.05) is 0 Å². The summed E-state index contributed by atoms with van der Waals surface area (Å²) < 4.78 is 0. The van der Waals surface area contributed by atoms with Crippen molar-refractivity contribution < 1.29 is 9.59 Å². The molecule has 0 heterocycles. The quantitative estimate of drug-likeness (QED) is 0.450. The third-order valence-corrected chi connectivity index (χ3v) is 3.96. The van der Waals surface area contributed by atoms with Gasteiger partial charge in [-0.2, -0.15) is 9.98 Å². The van der Waals surface area contributed by atoms with Crippen LogP contribution in [0, 0.1) is 0 Å². The Morgan fingerprint density at radius 1 is 0.913 bits per heavy atom. The SMILES string of the molecule is CCCCc1cc(CCCC)c(N=C=O)c(C(C)C)c1N=C=O. The lowest BCUT2D eigenvalue weighted by Gasteiger charge is -2.19. The molecular formula is C19H26N2O2. The van der Waals surface area contributed by atoms with E-state index in [0.29, 0.717) is 11.4 Å². The van der Waals surface area contributed by atoms with Gasteiger partial charge in [-0.1, -0.05) is 46.6 Å². The number of rotatable bonds is 9. The second kappa shape index (κ2) is 9.89. The minimum absolute atomic E-state index is 0.108. The summed E-state index contributed by atoms with van der Waals surface area (Å²) in [5.74, 6) is 0.108. The van der Waals surface area contributed by atoms with Crippen molar-refractivity contribution in [1.82, 2.24) is 0 Å². The maximum atomic E-state index is 10.9. The molecule has 0 saturated heterocycles. The Morgan fingerprint density at radius 3 is 1.65 bits per heavy atom. The zero-order chi connectivity index (χ0) is 17.2. The van der Waals surface area contributed by atoms with Crippen LogP contribution in [0.3, 0.4) is 0 Å². The zero-order valence-corrected chi connectivity index (χ0v) is 14.6. The summed E-state index contributed by atoms with van der Waals surface area (Å²) in [4.78, 5) is 29.7. The molecule has 0 N–H and O–H groups in total. The van der Waals surface area contributed by atoms with E-state index in [1.165, 1.54) is 0 Å². The highest BCUT2D eigenvalue weighted by molar-refractivity contribution is 5.73. The molecule has 0 saturated carbocycles. The first-order valence-corrected chi connectivity index (χ1v) is 8.44. The normalized spacial score (nSPS) is 10.3. The van der Waals surface area contributed by atoms with Gasteiger partial charge in [-0.25, -0.2) is 9.59 Å². The summed E-state index contributed by atoms with van der Waals surface area (Å²) in [5, 5.41) is 0. The van der Waals surface area contributed by atoms with Gasteiger partial charge in [0.25, 0.3) is 0 Å². The first-order chi connectivity index (χ1) is 11.1. The van der Waals surface area contributed by atoms with Crippen molar-refractivity contribution in [2.24, 2.45) is 9.98 Å². The van der Waals surface area contributed by atoms with Crippen LogP contribution in [-0.2, 0) is 22.4 Å². The fraction of sp³-hybridized carbons (Fsp3) is 0.579. The number of benzene rings is 1. The molecule has 23 heavy (non-hydrogen) atoms. The minimum Gasteiger partial charge on any atom is -0.211 e.